The van der Waals surface area contributed by atoms with E-state index in [1.165, 1.54) is 0 Å². The van der Waals surface area contributed by atoms with Gasteiger partial charge in [0, 0.05) is 16.8 Å². The standard InChI is InChI=1S/C11H9NO3/c1-7(6-13)11(15)8-4-2-3-5-9(8)12-10(11)14/h2-6,15H,1H2,(H,12,14)/t11-/m0/s1. The van der Waals surface area contributed by atoms with Gasteiger partial charge in [-0.2, -0.15) is 0 Å². The first-order chi connectivity index (χ1) is 7.10. The summed E-state index contributed by atoms with van der Waals surface area (Å²) in [5.74, 6) is -0.638. The van der Waals surface area contributed by atoms with Gasteiger partial charge < -0.3 is 10.4 Å². The summed E-state index contributed by atoms with van der Waals surface area (Å²) in [6.07, 6.45) is 0.391. The molecule has 0 saturated carbocycles. The van der Waals surface area contributed by atoms with Crippen molar-refractivity contribution in [1.29, 1.82) is 0 Å². The molecule has 0 fully saturated rings. The van der Waals surface area contributed by atoms with E-state index in [0.29, 0.717) is 17.5 Å². The van der Waals surface area contributed by atoms with E-state index in [1.54, 1.807) is 24.3 Å². The summed E-state index contributed by atoms with van der Waals surface area (Å²) in [5.41, 5.74) is -1.21. The van der Waals surface area contributed by atoms with Crippen molar-refractivity contribution in [2.24, 2.45) is 0 Å². The smallest absolute Gasteiger partial charge is 0.265 e. The number of fused-ring (bicyclic) bond motifs is 1. The van der Waals surface area contributed by atoms with Crippen LogP contribution in [-0.2, 0) is 15.2 Å². The highest BCUT2D eigenvalue weighted by atomic mass is 16.3. The molecule has 2 rings (SSSR count). The van der Waals surface area contributed by atoms with Crippen molar-refractivity contribution in [3.63, 3.8) is 0 Å². The van der Waals surface area contributed by atoms with Crippen LogP contribution in [0.4, 0.5) is 5.69 Å². The number of hydrogen-bond donors (Lipinski definition) is 2. The fourth-order valence-electron chi connectivity index (χ4n) is 1.65. The second-order valence-electron chi connectivity index (χ2n) is 3.35. The topological polar surface area (TPSA) is 66.4 Å². The van der Waals surface area contributed by atoms with E-state index in [-0.39, 0.29) is 5.57 Å². The predicted molar refractivity (Wildman–Crippen MR) is 54.2 cm³/mol. The summed E-state index contributed by atoms with van der Waals surface area (Å²) in [5, 5.41) is 12.6. The van der Waals surface area contributed by atoms with Gasteiger partial charge in [-0.15, -0.1) is 0 Å². The number of carbonyl (C=O) groups is 2. The predicted octanol–water partition coefficient (Wildman–Crippen LogP) is 0.581. The number of carbonyl (C=O) groups excluding carboxylic acids is 2. The fourth-order valence-corrected chi connectivity index (χ4v) is 1.65. The summed E-state index contributed by atoms with van der Waals surface area (Å²) in [6.45, 7) is 3.40. The largest absolute Gasteiger partial charge is 0.372 e. The van der Waals surface area contributed by atoms with Crippen molar-refractivity contribution in [3.8, 4) is 0 Å². The van der Waals surface area contributed by atoms with Crippen molar-refractivity contribution in [1.82, 2.24) is 0 Å². The molecule has 1 aromatic rings. The van der Waals surface area contributed by atoms with Gasteiger partial charge in [0.15, 0.2) is 5.60 Å². The first kappa shape index (κ1) is 9.61. The maximum atomic E-state index is 11.6. The molecule has 2 N–H and O–H groups in total. The van der Waals surface area contributed by atoms with Crippen LogP contribution < -0.4 is 5.32 Å². The molecule has 15 heavy (non-hydrogen) atoms. The number of aldehydes is 1. The first-order valence-corrected chi connectivity index (χ1v) is 4.38. The van der Waals surface area contributed by atoms with Crippen LogP contribution in [0, 0.1) is 0 Å². The van der Waals surface area contributed by atoms with Crippen LogP contribution in [0.2, 0.25) is 0 Å². The number of aliphatic hydroxyl groups is 1. The highest BCUT2D eigenvalue weighted by Crippen LogP contribution is 2.39. The molecule has 0 saturated heterocycles. The number of para-hydroxylation sites is 1. The van der Waals surface area contributed by atoms with E-state index in [0.717, 1.165) is 0 Å². The van der Waals surface area contributed by atoms with E-state index >= 15 is 0 Å². The lowest BCUT2D eigenvalue weighted by atomic mass is 9.89. The minimum Gasteiger partial charge on any atom is -0.372 e. The molecule has 0 aliphatic carbocycles. The van der Waals surface area contributed by atoms with Gasteiger partial charge >= 0.3 is 0 Å². The molecule has 1 aromatic carbocycles. The van der Waals surface area contributed by atoms with E-state index in [2.05, 4.69) is 11.9 Å². The zero-order chi connectivity index (χ0) is 11.1. The molecule has 1 aliphatic rings. The third-order valence-electron chi connectivity index (χ3n) is 2.50. The van der Waals surface area contributed by atoms with Gasteiger partial charge in [0.2, 0.25) is 0 Å². The molecule has 4 heteroatoms. The number of rotatable bonds is 2. The van der Waals surface area contributed by atoms with Crippen molar-refractivity contribution in [3.05, 3.63) is 42.0 Å². The molecular weight excluding hydrogens is 194 g/mol. The van der Waals surface area contributed by atoms with Crippen LogP contribution in [0.3, 0.4) is 0 Å². The third-order valence-corrected chi connectivity index (χ3v) is 2.50. The van der Waals surface area contributed by atoms with E-state index in [1.807, 2.05) is 0 Å². The van der Waals surface area contributed by atoms with Crippen LogP contribution in [0.1, 0.15) is 5.56 Å². The average Bonchev–Trinajstić information content (AvgIpc) is 2.52. The van der Waals surface area contributed by atoms with Gasteiger partial charge in [-0.3, -0.25) is 9.59 Å². The van der Waals surface area contributed by atoms with Crippen molar-refractivity contribution in [2.45, 2.75) is 5.60 Å². The Morgan fingerprint density at radius 2 is 2.13 bits per heavy atom. The zero-order valence-corrected chi connectivity index (χ0v) is 7.86. The fraction of sp³-hybridized carbons (Fsp3) is 0.0909. The van der Waals surface area contributed by atoms with Crippen LogP contribution in [0.15, 0.2) is 36.4 Å². The lowest BCUT2D eigenvalue weighted by molar-refractivity contribution is -0.131. The second-order valence-corrected chi connectivity index (χ2v) is 3.35. The lowest BCUT2D eigenvalue weighted by Gasteiger charge is -2.19. The van der Waals surface area contributed by atoms with Crippen molar-refractivity contribution < 1.29 is 14.7 Å². The van der Waals surface area contributed by atoms with Crippen LogP contribution in [0.25, 0.3) is 0 Å². The summed E-state index contributed by atoms with van der Waals surface area (Å²) < 4.78 is 0. The second kappa shape index (κ2) is 3.03. The number of anilines is 1. The Morgan fingerprint density at radius 1 is 1.47 bits per heavy atom. The molecule has 76 valence electrons. The number of benzene rings is 1. The highest BCUT2D eigenvalue weighted by Gasteiger charge is 2.47. The Hall–Kier alpha value is -1.94. The summed E-state index contributed by atoms with van der Waals surface area (Å²) in [4.78, 5) is 22.2. The van der Waals surface area contributed by atoms with Gasteiger partial charge in [0.25, 0.3) is 5.91 Å². The molecule has 1 atom stereocenters. The van der Waals surface area contributed by atoms with Gasteiger partial charge in [0.1, 0.15) is 6.29 Å². The Balaban J connectivity index is 2.64. The van der Waals surface area contributed by atoms with Crippen molar-refractivity contribution >= 4 is 17.9 Å². The molecule has 1 heterocycles. The molecule has 0 radical (unpaired) electrons. The Labute approximate surface area is 86.2 Å². The number of hydrogen-bond acceptors (Lipinski definition) is 3. The van der Waals surface area contributed by atoms with E-state index < -0.39 is 11.5 Å². The van der Waals surface area contributed by atoms with Crippen molar-refractivity contribution in [2.75, 3.05) is 5.32 Å². The molecule has 4 nitrogen and oxygen atoms in total. The summed E-state index contributed by atoms with van der Waals surface area (Å²) >= 11 is 0. The minimum atomic E-state index is -1.92. The average molecular weight is 203 g/mol. The van der Waals surface area contributed by atoms with Crippen LogP contribution in [0.5, 0.6) is 0 Å². The molecule has 0 aromatic heterocycles. The maximum absolute atomic E-state index is 11.6. The molecule has 0 spiro atoms. The zero-order valence-electron chi connectivity index (χ0n) is 7.86. The normalized spacial score (nSPS) is 23.1. The highest BCUT2D eigenvalue weighted by molar-refractivity contribution is 6.10. The Kier molecular flexibility index (Phi) is 1.94. The minimum absolute atomic E-state index is 0.162. The van der Waals surface area contributed by atoms with Gasteiger partial charge in [-0.25, -0.2) is 0 Å². The third kappa shape index (κ3) is 1.12. The number of amides is 1. The summed E-state index contributed by atoms with van der Waals surface area (Å²) in [7, 11) is 0. The van der Waals surface area contributed by atoms with Gasteiger partial charge in [-0.05, 0) is 6.07 Å². The summed E-state index contributed by atoms with van der Waals surface area (Å²) in [6, 6.07) is 6.65. The van der Waals surface area contributed by atoms with Gasteiger partial charge in [0.05, 0.1) is 0 Å². The van der Waals surface area contributed by atoms with Crippen LogP contribution >= 0.6 is 0 Å². The SMILES string of the molecule is C=C(C=O)[C@@]1(O)C(=O)Nc2ccccc21. The maximum Gasteiger partial charge on any atom is 0.265 e. The Bertz CT molecular complexity index is 467. The number of nitrogens with one attached hydrogen (secondary N) is 1. The molecule has 0 bridgehead atoms. The Morgan fingerprint density at radius 3 is 2.80 bits per heavy atom. The lowest BCUT2D eigenvalue weighted by Crippen LogP contribution is -2.36. The monoisotopic (exact) mass is 203 g/mol. The molecule has 1 amide bonds. The first-order valence-electron chi connectivity index (χ1n) is 4.38. The molecule has 1 aliphatic heterocycles. The molecular formula is C11H9NO3. The van der Waals surface area contributed by atoms with E-state index in [9.17, 15) is 14.7 Å². The quantitative estimate of drug-likeness (QED) is 0.545. The molecule has 0 unspecified atom stereocenters. The van der Waals surface area contributed by atoms with Gasteiger partial charge in [-0.1, -0.05) is 24.8 Å². The van der Waals surface area contributed by atoms with Crippen LogP contribution in [-0.4, -0.2) is 17.3 Å². The van der Waals surface area contributed by atoms with E-state index in [4.69, 9.17) is 0 Å².